The van der Waals surface area contributed by atoms with Gasteiger partial charge < -0.3 is 15.2 Å². The highest BCUT2D eigenvalue weighted by molar-refractivity contribution is 7.85. The third-order valence-electron chi connectivity index (χ3n) is 7.23. The maximum absolute atomic E-state index is 12.9. The standard InChI is InChI=1S/C26H28N2O4.C7H8O3S/c1-32-23-16-18(12-13-22(23)29)17-27-14-4-2-3-5-15-28-25(30)20-10-6-8-19-9-7-11-21(24(19)20)26(28)31;1-6-2-4-7(5-3-6)11(8,9)10/h6-13,16,27,29H,2-5,14-15,17H2,1H3;2-5H,1H3,(H,8,9,10). The van der Waals surface area contributed by atoms with E-state index in [2.05, 4.69) is 5.32 Å². The van der Waals surface area contributed by atoms with Crippen molar-refractivity contribution in [2.45, 2.75) is 44.0 Å². The molecule has 0 bridgehead atoms. The van der Waals surface area contributed by atoms with Gasteiger partial charge in [-0.15, -0.1) is 0 Å². The Labute approximate surface area is 251 Å². The molecule has 2 amide bonds. The summed E-state index contributed by atoms with van der Waals surface area (Å²) >= 11 is 0. The van der Waals surface area contributed by atoms with E-state index in [0.717, 1.165) is 54.1 Å². The van der Waals surface area contributed by atoms with Crippen LogP contribution in [0.2, 0.25) is 0 Å². The van der Waals surface area contributed by atoms with Crippen LogP contribution in [0.25, 0.3) is 10.8 Å². The van der Waals surface area contributed by atoms with E-state index in [9.17, 15) is 23.1 Å². The van der Waals surface area contributed by atoms with Crippen LogP contribution in [0.1, 0.15) is 57.5 Å². The number of carbonyl (C=O) groups excluding carboxylic acids is 2. The Morgan fingerprint density at radius 2 is 1.47 bits per heavy atom. The number of rotatable bonds is 11. The smallest absolute Gasteiger partial charge is 0.294 e. The highest BCUT2D eigenvalue weighted by Gasteiger charge is 2.31. The molecule has 0 fully saturated rings. The summed E-state index contributed by atoms with van der Waals surface area (Å²) in [5.41, 5.74) is 3.25. The van der Waals surface area contributed by atoms with Crippen molar-refractivity contribution in [2.75, 3.05) is 20.2 Å². The van der Waals surface area contributed by atoms with E-state index in [1.54, 1.807) is 18.2 Å². The maximum Gasteiger partial charge on any atom is 0.294 e. The molecule has 10 heteroatoms. The second-order valence-corrected chi connectivity index (χ2v) is 11.8. The monoisotopic (exact) mass is 604 g/mol. The lowest BCUT2D eigenvalue weighted by Crippen LogP contribution is -2.40. The molecule has 0 saturated heterocycles. The molecule has 1 aliphatic heterocycles. The van der Waals surface area contributed by atoms with Gasteiger partial charge in [-0.3, -0.25) is 19.0 Å². The Kier molecular flexibility index (Phi) is 10.5. The fourth-order valence-corrected chi connectivity index (χ4v) is 5.41. The van der Waals surface area contributed by atoms with Crippen molar-refractivity contribution in [1.82, 2.24) is 10.2 Å². The number of aryl methyl sites for hydroxylation is 1. The van der Waals surface area contributed by atoms with Gasteiger partial charge in [0.05, 0.1) is 12.0 Å². The Hall–Kier alpha value is -4.25. The van der Waals surface area contributed by atoms with Gasteiger partial charge in [-0.25, -0.2) is 0 Å². The van der Waals surface area contributed by atoms with E-state index >= 15 is 0 Å². The summed E-state index contributed by atoms with van der Waals surface area (Å²) in [4.78, 5) is 27.1. The van der Waals surface area contributed by atoms with Crippen molar-refractivity contribution >= 4 is 32.7 Å². The second kappa shape index (κ2) is 14.3. The number of hydrogen-bond donors (Lipinski definition) is 3. The summed E-state index contributed by atoms with van der Waals surface area (Å²) in [6, 6.07) is 22.5. The number of aromatic hydroxyl groups is 1. The zero-order valence-electron chi connectivity index (χ0n) is 24.2. The minimum absolute atomic E-state index is 0.0666. The normalized spacial score (nSPS) is 12.7. The Morgan fingerprint density at radius 1 is 0.837 bits per heavy atom. The summed E-state index contributed by atoms with van der Waals surface area (Å²) < 4.78 is 34.7. The number of benzene rings is 4. The first-order valence-corrected chi connectivity index (χ1v) is 15.5. The second-order valence-electron chi connectivity index (χ2n) is 10.4. The van der Waals surface area contributed by atoms with Crippen molar-refractivity contribution < 1.29 is 32.4 Å². The number of hydrogen-bond acceptors (Lipinski definition) is 7. The van der Waals surface area contributed by atoms with Gasteiger partial charge in [-0.2, -0.15) is 8.42 Å². The Morgan fingerprint density at radius 3 is 2.07 bits per heavy atom. The van der Waals surface area contributed by atoms with Crippen LogP contribution < -0.4 is 10.1 Å². The van der Waals surface area contributed by atoms with Crippen LogP contribution in [0.4, 0.5) is 0 Å². The first kappa shape index (κ1) is 31.7. The molecule has 0 aliphatic carbocycles. The molecule has 0 aromatic heterocycles. The molecule has 9 nitrogen and oxygen atoms in total. The molecule has 0 atom stereocenters. The number of ether oxygens (including phenoxy) is 1. The third-order valence-corrected chi connectivity index (χ3v) is 8.10. The lowest BCUT2D eigenvalue weighted by molar-refractivity contribution is 0.0607. The number of methoxy groups -OCH3 is 1. The van der Waals surface area contributed by atoms with E-state index in [1.807, 2.05) is 55.5 Å². The van der Waals surface area contributed by atoms with Crippen molar-refractivity contribution in [1.29, 1.82) is 0 Å². The van der Waals surface area contributed by atoms with E-state index < -0.39 is 10.1 Å². The predicted molar refractivity (Wildman–Crippen MR) is 165 cm³/mol. The molecule has 0 radical (unpaired) electrons. The summed E-state index contributed by atoms with van der Waals surface area (Å²) in [6.07, 6.45) is 3.79. The fourth-order valence-electron chi connectivity index (χ4n) is 4.93. The number of phenolic OH excluding ortho intramolecular Hbond substituents is 1. The molecule has 0 unspecified atom stereocenters. The number of nitrogens with zero attached hydrogens (tertiary/aromatic N) is 1. The van der Waals surface area contributed by atoms with E-state index in [0.29, 0.717) is 30.0 Å². The summed E-state index contributed by atoms with van der Waals surface area (Å²) in [6.45, 7) is 3.87. The van der Waals surface area contributed by atoms with E-state index in [-0.39, 0.29) is 22.5 Å². The number of imide groups is 1. The topological polar surface area (TPSA) is 133 Å². The number of nitrogens with one attached hydrogen (secondary N) is 1. The fraction of sp³-hybridized carbons (Fsp3) is 0.273. The zero-order valence-corrected chi connectivity index (χ0v) is 25.1. The van der Waals surface area contributed by atoms with Crippen molar-refractivity contribution in [3.05, 3.63) is 101 Å². The van der Waals surface area contributed by atoms with E-state index in [4.69, 9.17) is 9.29 Å². The molecule has 1 aliphatic rings. The molecular weight excluding hydrogens is 568 g/mol. The molecule has 0 spiro atoms. The van der Waals surface area contributed by atoms with Crippen LogP contribution in [0, 0.1) is 6.92 Å². The Balaban J connectivity index is 0.000000324. The van der Waals surface area contributed by atoms with Gasteiger partial charge in [0.1, 0.15) is 0 Å². The number of carbonyl (C=O) groups is 2. The summed E-state index contributed by atoms with van der Waals surface area (Å²) in [7, 11) is -2.48. The molecule has 5 rings (SSSR count). The first-order valence-electron chi connectivity index (χ1n) is 14.1. The van der Waals surface area contributed by atoms with E-state index in [1.165, 1.54) is 24.1 Å². The molecular formula is C33H36N2O7S. The zero-order chi connectivity index (χ0) is 31.0. The highest BCUT2D eigenvalue weighted by Crippen LogP contribution is 2.30. The molecule has 3 N–H and O–H groups in total. The van der Waals surface area contributed by atoms with Crippen molar-refractivity contribution in [3.8, 4) is 11.5 Å². The third kappa shape index (κ3) is 7.98. The largest absolute Gasteiger partial charge is 0.504 e. The molecule has 4 aromatic rings. The van der Waals surface area contributed by atoms with Gasteiger partial charge in [0.15, 0.2) is 11.5 Å². The SMILES string of the molecule is COc1cc(CNCCCCCCN2C(=O)c3cccc4cccc(c34)C2=O)ccc1O.Cc1ccc(S(=O)(=O)O)cc1. The molecule has 0 saturated carbocycles. The van der Waals surface area contributed by atoms with Gasteiger partial charge in [-0.05, 0) is 73.7 Å². The predicted octanol–water partition coefficient (Wildman–Crippen LogP) is 5.74. The van der Waals surface area contributed by atoms with Crippen LogP contribution >= 0.6 is 0 Å². The highest BCUT2D eigenvalue weighted by atomic mass is 32.2. The molecule has 226 valence electrons. The molecule has 1 heterocycles. The number of phenols is 1. The minimum Gasteiger partial charge on any atom is -0.504 e. The molecule has 43 heavy (non-hydrogen) atoms. The summed E-state index contributed by atoms with van der Waals surface area (Å²) in [5, 5.41) is 14.7. The van der Waals surface area contributed by atoms with Crippen molar-refractivity contribution in [3.63, 3.8) is 0 Å². The number of amides is 2. The van der Waals surface area contributed by atoms with Crippen LogP contribution in [0.15, 0.2) is 83.8 Å². The quantitative estimate of drug-likeness (QED) is 0.112. The molecule has 4 aromatic carbocycles. The number of unbranched alkanes of at least 4 members (excludes halogenated alkanes) is 3. The lowest BCUT2D eigenvalue weighted by atomic mass is 9.94. The Bertz CT molecular complexity index is 1650. The van der Waals surface area contributed by atoms with Gasteiger partial charge in [0, 0.05) is 29.6 Å². The average molecular weight is 605 g/mol. The van der Waals surface area contributed by atoms with Gasteiger partial charge in [0.25, 0.3) is 21.9 Å². The van der Waals surface area contributed by atoms with Crippen molar-refractivity contribution in [2.24, 2.45) is 0 Å². The maximum atomic E-state index is 12.9. The first-order chi connectivity index (χ1) is 20.6. The van der Waals surface area contributed by atoms with Gasteiger partial charge in [-0.1, -0.05) is 60.9 Å². The summed E-state index contributed by atoms with van der Waals surface area (Å²) in [5.74, 6) is 0.239. The lowest BCUT2D eigenvalue weighted by Gasteiger charge is -2.27. The van der Waals surface area contributed by atoms with Crippen LogP contribution in [0.5, 0.6) is 11.5 Å². The van der Waals surface area contributed by atoms with Crippen LogP contribution in [0.3, 0.4) is 0 Å². The van der Waals surface area contributed by atoms with Crippen LogP contribution in [-0.4, -0.2) is 55.0 Å². The van der Waals surface area contributed by atoms with Crippen LogP contribution in [-0.2, 0) is 16.7 Å². The van der Waals surface area contributed by atoms with Gasteiger partial charge in [0.2, 0.25) is 0 Å². The average Bonchev–Trinajstić information content (AvgIpc) is 2.99. The van der Waals surface area contributed by atoms with Gasteiger partial charge >= 0.3 is 0 Å². The minimum atomic E-state index is -4.02.